The molecule has 1 saturated carbocycles. The van der Waals surface area contributed by atoms with Gasteiger partial charge in [-0.1, -0.05) is 24.3 Å². The van der Waals surface area contributed by atoms with Crippen LogP contribution in [0.5, 0.6) is 0 Å². The average Bonchev–Trinajstić information content (AvgIpc) is 3.35. The van der Waals surface area contributed by atoms with Gasteiger partial charge in [0.25, 0.3) is 0 Å². The summed E-state index contributed by atoms with van der Waals surface area (Å²) >= 11 is 0. The van der Waals surface area contributed by atoms with E-state index in [1.165, 1.54) is 37.1 Å². The highest BCUT2D eigenvalue weighted by molar-refractivity contribution is 5.91. The van der Waals surface area contributed by atoms with Crippen molar-refractivity contribution in [3.8, 4) is 0 Å². The average molecular weight is 393 g/mol. The first-order valence-electron chi connectivity index (χ1n) is 10.6. The molecule has 7 heteroatoms. The quantitative estimate of drug-likeness (QED) is 0.780. The van der Waals surface area contributed by atoms with E-state index in [-0.39, 0.29) is 5.78 Å². The Hall–Kier alpha value is -2.67. The molecule has 3 heterocycles. The zero-order valence-electron chi connectivity index (χ0n) is 16.7. The number of hydrogen-bond donors (Lipinski definition) is 2. The van der Waals surface area contributed by atoms with E-state index in [1.54, 1.807) is 0 Å². The number of fused-ring (bicyclic) bond motifs is 1. The van der Waals surface area contributed by atoms with Gasteiger partial charge in [0, 0.05) is 31.1 Å². The minimum atomic E-state index is 0.156. The summed E-state index contributed by atoms with van der Waals surface area (Å²) in [6.45, 7) is 4.37. The van der Waals surface area contributed by atoms with Crippen LogP contribution < -0.4 is 16.0 Å². The smallest absolute Gasteiger partial charge is 0.226 e. The van der Waals surface area contributed by atoms with Crippen molar-refractivity contribution in [3.05, 3.63) is 41.0 Å². The molecule has 152 valence electrons. The maximum atomic E-state index is 12.4. The second-order valence-electron chi connectivity index (χ2n) is 8.53. The fourth-order valence-corrected chi connectivity index (χ4v) is 4.31. The number of benzene rings is 1. The summed E-state index contributed by atoms with van der Waals surface area (Å²) in [4.78, 5) is 26.0. The van der Waals surface area contributed by atoms with Crippen LogP contribution in [0.15, 0.2) is 24.3 Å². The number of nitrogens with two attached hydrogens (primary N) is 1. The standard InChI is InChI=1S/C22H28N6O/c23-20-19-11-18(29)14-28(21(19)26-22(25-20)24-17-6-7-17)13-16-5-3-4-15(10-16)12-27-8-1-2-9-27/h3-5,10,17H,1-2,6-9,11-14H2,(H3,23,24,25,26). The molecule has 0 unspecified atom stereocenters. The highest BCUT2D eigenvalue weighted by atomic mass is 16.1. The minimum absolute atomic E-state index is 0.156. The zero-order valence-corrected chi connectivity index (χ0v) is 16.7. The number of rotatable bonds is 6. The summed E-state index contributed by atoms with van der Waals surface area (Å²) in [6.07, 6.45) is 5.20. The number of nitrogens with zero attached hydrogens (tertiary/aromatic N) is 4. The Morgan fingerprint density at radius 1 is 1.10 bits per heavy atom. The topological polar surface area (TPSA) is 87.4 Å². The van der Waals surface area contributed by atoms with Crippen molar-refractivity contribution in [1.29, 1.82) is 0 Å². The Labute approximate surface area is 171 Å². The molecule has 1 aromatic heterocycles. The van der Waals surface area contributed by atoms with Gasteiger partial charge < -0.3 is 16.0 Å². The van der Waals surface area contributed by atoms with Crippen molar-refractivity contribution in [1.82, 2.24) is 14.9 Å². The van der Waals surface area contributed by atoms with E-state index in [2.05, 4.69) is 39.5 Å². The van der Waals surface area contributed by atoms with Crippen molar-refractivity contribution in [2.24, 2.45) is 0 Å². The Morgan fingerprint density at radius 2 is 1.86 bits per heavy atom. The summed E-state index contributed by atoms with van der Waals surface area (Å²) < 4.78 is 0. The SMILES string of the molecule is Nc1nc(NC2CC2)nc2c1CC(=O)CN2Cc1cccc(CN2CCCC2)c1. The first-order valence-corrected chi connectivity index (χ1v) is 10.6. The number of likely N-dealkylation sites (tertiary alicyclic amines) is 1. The number of aromatic nitrogens is 2. The Balaban J connectivity index is 1.38. The van der Waals surface area contributed by atoms with Gasteiger partial charge in [-0.05, 0) is 49.9 Å². The van der Waals surface area contributed by atoms with Gasteiger partial charge in [0.2, 0.25) is 5.95 Å². The lowest BCUT2D eigenvalue weighted by atomic mass is 10.0. The predicted octanol–water partition coefficient (Wildman–Crippen LogP) is 2.36. The molecule has 0 amide bonds. The summed E-state index contributed by atoms with van der Waals surface area (Å²) in [5.41, 5.74) is 9.47. The monoisotopic (exact) mass is 392 g/mol. The number of anilines is 3. The van der Waals surface area contributed by atoms with Gasteiger partial charge >= 0.3 is 0 Å². The van der Waals surface area contributed by atoms with Crippen LogP contribution in [0.1, 0.15) is 42.4 Å². The number of nitrogens with one attached hydrogen (secondary N) is 1. The maximum Gasteiger partial charge on any atom is 0.226 e. The number of nitrogen functional groups attached to an aromatic ring is 1. The van der Waals surface area contributed by atoms with E-state index >= 15 is 0 Å². The maximum absolute atomic E-state index is 12.4. The first-order chi connectivity index (χ1) is 14.1. The molecule has 1 aliphatic carbocycles. The van der Waals surface area contributed by atoms with E-state index < -0.39 is 0 Å². The van der Waals surface area contributed by atoms with E-state index in [1.807, 2.05) is 4.90 Å². The largest absolute Gasteiger partial charge is 0.383 e. The van der Waals surface area contributed by atoms with Crippen molar-refractivity contribution in [3.63, 3.8) is 0 Å². The zero-order chi connectivity index (χ0) is 19.8. The van der Waals surface area contributed by atoms with Gasteiger partial charge in [-0.15, -0.1) is 0 Å². The number of carbonyl (C=O) groups is 1. The van der Waals surface area contributed by atoms with E-state index in [0.717, 1.165) is 30.8 Å². The van der Waals surface area contributed by atoms with Crippen molar-refractivity contribution >= 4 is 23.4 Å². The van der Waals surface area contributed by atoms with Crippen LogP contribution in [-0.4, -0.2) is 46.3 Å². The molecule has 3 aliphatic rings. The second-order valence-corrected chi connectivity index (χ2v) is 8.53. The molecule has 7 nitrogen and oxygen atoms in total. The lowest BCUT2D eigenvalue weighted by Gasteiger charge is -2.30. The first kappa shape index (κ1) is 18.4. The summed E-state index contributed by atoms with van der Waals surface area (Å²) in [5.74, 6) is 1.94. The van der Waals surface area contributed by atoms with Crippen LogP contribution in [0.4, 0.5) is 17.6 Å². The van der Waals surface area contributed by atoms with Crippen LogP contribution in [0, 0.1) is 0 Å². The summed E-state index contributed by atoms with van der Waals surface area (Å²) in [7, 11) is 0. The molecule has 29 heavy (non-hydrogen) atoms. The molecule has 2 aromatic rings. The third-order valence-corrected chi connectivity index (χ3v) is 5.94. The van der Waals surface area contributed by atoms with Gasteiger partial charge in [0.05, 0.1) is 6.54 Å². The van der Waals surface area contributed by atoms with Crippen LogP contribution >= 0.6 is 0 Å². The van der Waals surface area contributed by atoms with Crippen LogP contribution in [0.2, 0.25) is 0 Å². The van der Waals surface area contributed by atoms with E-state index in [4.69, 9.17) is 10.7 Å². The summed E-state index contributed by atoms with van der Waals surface area (Å²) in [5, 5.41) is 3.33. The van der Waals surface area contributed by atoms with Crippen molar-refractivity contribution < 1.29 is 4.79 Å². The summed E-state index contributed by atoms with van der Waals surface area (Å²) in [6, 6.07) is 9.13. The number of hydrogen-bond acceptors (Lipinski definition) is 7. The third kappa shape index (κ3) is 4.19. The number of ketones is 1. The molecule has 1 saturated heterocycles. The molecular weight excluding hydrogens is 364 g/mol. The van der Waals surface area contributed by atoms with Gasteiger partial charge in [-0.25, -0.2) is 0 Å². The van der Waals surface area contributed by atoms with E-state index in [9.17, 15) is 4.79 Å². The fourth-order valence-electron chi connectivity index (χ4n) is 4.31. The highest BCUT2D eigenvalue weighted by Crippen LogP contribution is 2.31. The molecule has 2 fully saturated rings. The normalized spacial score (nSPS) is 19.4. The molecule has 0 spiro atoms. The molecule has 5 rings (SSSR count). The molecule has 3 N–H and O–H groups in total. The van der Waals surface area contributed by atoms with Gasteiger partial charge in [-0.3, -0.25) is 9.69 Å². The molecule has 0 atom stereocenters. The second kappa shape index (κ2) is 7.63. The Bertz CT molecular complexity index is 920. The third-order valence-electron chi connectivity index (χ3n) is 5.94. The Morgan fingerprint density at radius 3 is 2.62 bits per heavy atom. The fraction of sp³-hybridized carbons (Fsp3) is 0.500. The van der Waals surface area contributed by atoms with Crippen LogP contribution in [0.3, 0.4) is 0 Å². The number of carbonyl (C=O) groups excluding carboxylic acids is 1. The van der Waals surface area contributed by atoms with Crippen LogP contribution in [-0.2, 0) is 24.3 Å². The van der Waals surface area contributed by atoms with Gasteiger partial charge in [0.15, 0.2) is 5.78 Å². The lowest BCUT2D eigenvalue weighted by Crippen LogP contribution is -2.37. The predicted molar refractivity (Wildman–Crippen MR) is 114 cm³/mol. The minimum Gasteiger partial charge on any atom is -0.383 e. The Kier molecular flexibility index (Phi) is 4.83. The lowest BCUT2D eigenvalue weighted by molar-refractivity contribution is -0.117. The number of Topliss-reactive ketones (excluding diaryl/α,β-unsaturated/α-hetero) is 1. The highest BCUT2D eigenvalue weighted by Gasteiger charge is 2.29. The van der Waals surface area contributed by atoms with Gasteiger partial charge in [0.1, 0.15) is 11.6 Å². The molecule has 2 aliphatic heterocycles. The van der Waals surface area contributed by atoms with Crippen LogP contribution in [0.25, 0.3) is 0 Å². The molecule has 0 radical (unpaired) electrons. The molecular formula is C22H28N6O. The van der Waals surface area contributed by atoms with E-state index in [0.29, 0.717) is 37.3 Å². The van der Waals surface area contributed by atoms with Crippen molar-refractivity contribution in [2.75, 3.05) is 35.6 Å². The van der Waals surface area contributed by atoms with Gasteiger partial charge in [-0.2, -0.15) is 9.97 Å². The van der Waals surface area contributed by atoms with Crippen molar-refractivity contribution in [2.45, 2.75) is 51.2 Å². The molecule has 1 aromatic carbocycles. The molecule has 0 bridgehead atoms.